The Morgan fingerprint density at radius 1 is 1.44 bits per heavy atom. The largest absolute Gasteiger partial charge is 0.438 e. The molecule has 2 fully saturated rings. The second-order valence-corrected chi connectivity index (χ2v) is 8.32. The van der Waals surface area contributed by atoms with Gasteiger partial charge in [-0.2, -0.15) is 0 Å². The molecule has 6 nitrogen and oxygen atoms in total. The van der Waals surface area contributed by atoms with Crippen LogP contribution in [0.25, 0.3) is 0 Å². The number of carbonyl (C=O) groups excluding carboxylic acids is 1. The van der Waals surface area contributed by atoms with Gasteiger partial charge in [0.25, 0.3) is 5.91 Å². The highest BCUT2D eigenvalue weighted by Crippen LogP contribution is 2.46. The van der Waals surface area contributed by atoms with Crippen LogP contribution in [0.2, 0.25) is 0 Å². The van der Waals surface area contributed by atoms with Crippen molar-refractivity contribution in [3.63, 3.8) is 0 Å². The fourth-order valence-corrected chi connectivity index (χ4v) is 5.01. The number of aromatic nitrogens is 2. The van der Waals surface area contributed by atoms with E-state index in [1.54, 1.807) is 6.92 Å². The summed E-state index contributed by atoms with van der Waals surface area (Å²) in [7, 11) is 0. The van der Waals surface area contributed by atoms with E-state index in [2.05, 4.69) is 9.97 Å². The number of ether oxygens (including phenoxy) is 1. The summed E-state index contributed by atoms with van der Waals surface area (Å²) in [5.41, 5.74) is 2.63. The van der Waals surface area contributed by atoms with E-state index in [4.69, 9.17) is 9.15 Å². The maximum absolute atomic E-state index is 12.4. The zero-order valence-electron chi connectivity index (χ0n) is 14.4. The van der Waals surface area contributed by atoms with Crippen molar-refractivity contribution in [1.82, 2.24) is 14.9 Å². The Kier molecular flexibility index (Phi) is 4.29. The van der Waals surface area contributed by atoms with Crippen LogP contribution < -0.4 is 0 Å². The predicted molar refractivity (Wildman–Crippen MR) is 94.5 cm³/mol. The van der Waals surface area contributed by atoms with Crippen molar-refractivity contribution in [1.29, 1.82) is 0 Å². The number of amides is 1. The first-order valence-corrected chi connectivity index (χ1v) is 9.41. The molecule has 0 radical (unpaired) electrons. The van der Waals surface area contributed by atoms with E-state index in [-0.39, 0.29) is 16.8 Å². The normalized spacial score (nSPS) is 21.5. The molecule has 0 aromatic carbocycles. The molecule has 1 atom stereocenters. The fraction of sp³-hybridized carbons (Fsp3) is 0.500. The summed E-state index contributed by atoms with van der Waals surface area (Å²) in [4.78, 5) is 22.7. The average molecular weight is 359 g/mol. The summed E-state index contributed by atoms with van der Waals surface area (Å²) in [6.45, 7) is 5.82. The number of pyridine rings is 1. The monoisotopic (exact) mass is 359 g/mol. The molecule has 2 aromatic rings. The van der Waals surface area contributed by atoms with Crippen LogP contribution >= 0.6 is 11.8 Å². The molecule has 0 saturated carbocycles. The van der Waals surface area contributed by atoms with Crippen molar-refractivity contribution in [3.05, 3.63) is 47.4 Å². The van der Waals surface area contributed by atoms with Crippen molar-refractivity contribution in [2.75, 3.05) is 18.8 Å². The quantitative estimate of drug-likeness (QED) is 0.836. The van der Waals surface area contributed by atoms with Crippen molar-refractivity contribution in [3.8, 4) is 0 Å². The minimum atomic E-state index is -0.0606. The number of hydrogen-bond donors (Lipinski definition) is 0. The highest BCUT2D eigenvalue weighted by atomic mass is 32.2. The molecule has 132 valence electrons. The van der Waals surface area contributed by atoms with Crippen LogP contribution in [0.15, 0.2) is 29.0 Å². The Bertz CT molecular complexity index is 785. The molecule has 4 rings (SSSR count). The average Bonchev–Trinajstić information content (AvgIpc) is 3.17. The zero-order chi connectivity index (χ0) is 17.4. The Morgan fingerprint density at radius 3 is 3.00 bits per heavy atom. The first-order valence-electron chi connectivity index (χ1n) is 8.42. The Hall–Kier alpha value is -1.86. The van der Waals surface area contributed by atoms with Gasteiger partial charge in [0.05, 0.1) is 28.8 Å². The summed E-state index contributed by atoms with van der Waals surface area (Å²) >= 11 is 1.91. The van der Waals surface area contributed by atoms with Gasteiger partial charge in [-0.3, -0.25) is 9.78 Å². The predicted octanol–water partition coefficient (Wildman–Crippen LogP) is 2.60. The number of thioether (sulfide) groups is 1. The van der Waals surface area contributed by atoms with Gasteiger partial charge in [0.2, 0.25) is 5.76 Å². The summed E-state index contributed by atoms with van der Waals surface area (Å²) in [6.07, 6.45) is 2.52. The van der Waals surface area contributed by atoms with Crippen molar-refractivity contribution < 1.29 is 13.9 Å². The third-order valence-electron chi connectivity index (χ3n) is 4.77. The molecule has 25 heavy (non-hydrogen) atoms. The Labute approximate surface area is 151 Å². The SMILES string of the molecule is Cc1cccc(CO[C@@H]2CSC3(C2)CN(C(=O)c2ocnc2C)C3)n1. The second-order valence-electron chi connectivity index (χ2n) is 6.83. The lowest BCUT2D eigenvalue weighted by Crippen LogP contribution is -2.60. The Balaban J connectivity index is 1.29. The van der Waals surface area contributed by atoms with Gasteiger partial charge < -0.3 is 14.1 Å². The van der Waals surface area contributed by atoms with Crippen LogP contribution in [0, 0.1) is 13.8 Å². The topological polar surface area (TPSA) is 68.5 Å². The number of nitrogens with zero attached hydrogens (tertiary/aromatic N) is 3. The van der Waals surface area contributed by atoms with Crippen molar-refractivity contribution >= 4 is 17.7 Å². The highest BCUT2D eigenvalue weighted by Gasteiger charge is 2.51. The first kappa shape index (κ1) is 16.6. The second kappa shape index (κ2) is 6.46. The van der Waals surface area contributed by atoms with Crippen LogP contribution in [0.5, 0.6) is 0 Å². The lowest BCUT2D eigenvalue weighted by atomic mass is 9.92. The standard InChI is InChI=1S/C18H21N3O3S/c1-12-4-3-5-14(20-12)7-23-15-6-18(25-8-15)9-21(10-18)17(22)16-13(2)19-11-24-16/h3-5,11,15H,6-10H2,1-2H3/t15-/m0/s1. The van der Waals surface area contributed by atoms with Crippen LogP contribution in [0.3, 0.4) is 0 Å². The number of carbonyl (C=O) groups is 1. The molecule has 2 aliphatic rings. The van der Waals surface area contributed by atoms with Crippen LogP contribution in [-0.4, -0.2) is 50.5 Å². The molecule has 1 amide bonds. The number of aryl methyl sites for hydroxylation is 2. The van der Waals surface area contributed by atoms with Gasteiger partial charge in [-0.1, -0.05) is 6.07 Å². The van der Waals surface area contributed by atoms with E-state index >= 15 is 0 Å². The van der Waals surface area contributed by atoms with Gasteiger partial charge in [0, 0.05) is 24.5 Å². The maximum atomic E-state index is 12.4. The van der Waals surface area contributed by atoms with E-state index in [9.17, 15) is 4.79 Å². The fourth-order valence-electron chi connectivity index (χ4n) is 3.46. The van der Waals surface area contributed by atoms with Gasteiger partial charge >= 0.3 is 0 Å². The van der Waals surface area contributed by atoms with Crippen LogP contribution in [-0.2, 0) is 11.3 Å². The molecule has 1 spiro atoms. The van der Waals surface area contributed by atoms with Gasteiger partial charge in [0.15, 0.2) is 6.39 Å². The molecular formula is C18H21N3O3S. The van der Waals surface area contributed by atoms with Gasteiger partial charge in [-0.15, -0.1) is 11.8 Å². The number of oxazole rings is 1. The molecule has 2 saturated heterocycles. The first-order chi connectivity index (χ1) is 12.0. The third-order valence-corrected chi connectivity index (χ3v) is 6.35. The van der Waals surface area contributed by atoms with E-state index in [0.717, 1.165) is 36.7 Å². The zero-order valence-corrected chi connectivity index (χ0v) is 15.2. The van der Waals surface area contributed by atoms with Crippen molar-refractivity contribution in [2.45, 2.75) is 37.7 Å². The lowest BCUT2D eigenvalue weighted by Gasteiger charge is -2.47. The van der Waals surface area contributed by atoms with Gasteiger partial charge in [0.1, 0.15) is 0 Å². The third kappa shape index (κ3) is 3.30. The number of likely N-dealkylation sites (tertiary alicyclic amines) is 1. The summed E-state index contributed by atoms with van der Waals surface area (Å²) < 4.78 is 11.4. The minimum Gasteiger partial charge on any atom is -0.438 e. The summed E-state index contributed by atoms with van der Waals surface area (Å²) in [6, 6.07) is 5.99. The molecule has 4 heterocycles. The molecule has 0 bridgehead atoms. The number of hydrogen-bond acceptors (Lipinski definition) is 6. The van der Waals surface area contributed by atoms with E-state index in [0.29, 0.717) is 18.1 Å². The molecule has 0 aliphatic carbocycles. The van der Waals surface area contributed by atoms with Gasteiger partial charge in [-0.25, -0.2) is 4.98 Å². The van der Waals surface area contributed by atoms with Crippen LogP contribution in [0.1, 0.15) is 34.1 Å². The number of rotatable bonds is 4. The molecule has 7 heteroatoms. The molecular weight excluding hydrogens is 338 g/mol. The summed E-state index contributed by atoms with van der Waals surface area (Å²) in [5, 5.41) is 0. The van der Waals surface area contributed by atoms with Crippen molar-refractivity contribution in [2.24, 2.45) is 0 Å². The van der Waals surface area contributed by atoms with Gasteiger partial charge in [-0.05, 0) is 32.4 Å². The minimum absolute atomic E-state index is 0.0606. The molecule has 2 aliphatic heterocycles. The maximum Gasteiger partial charge on any atom is 0.291 e. The smallest absolute Gasteiger partial charge is 0.291 e. The molecule has 0 N–H and O–H groups in total. The van der Waals surface area contributed by atoms with E-state index in [1.807, 2.05) is 41.8 Å². The molecule has 0 unspecified atom stereocenters. The highest BCUT2D eigenvalue weighted by molar-refractivity contribution is 8.01. The van der Waals surface area contributed by atoms with E-state index < -0.39 is 0 Å². The Morgan fingerprint density at radius 2 is 2.28 bits per heavy atom. The summed E-state index contributed by atoms with van der Waals surface area (Å²) in [5.74, 6) is 1.26. The van der Waals surface area contributed by atoms with E-state index in [1.165, 1.54) is 6.39 Å². The lowest BCUT2D eigenvalue weighted by molar-refractivity contribution is 0.0233. The van der Waals surface area contributed by atoms with Crippen LogP contribution in [0.4, 0.5) is 0 Å². The molecule has 2 aromatic heterocycles.